The van der Waals surface area contributed by atoms with E-state index >= 15 is 0 Å². The molecule has 10 heteroatoms. The predicted octanol–water partition coefficient (Wildman–Crippen LogP) is 2.52. The maximum absolute atomic E-state index is 5.40. The molecule has 1 aliphatic heterocycles. The van der Waals surface area contributed by atoms with Crippen LogP contribution in [0.1, 0.15) is 18.1 Å². The quantitative estimate of drug-likeness (QED) is 0.416. The van der Waals surface area contributed by atoms with Crippen LogP contribution in [-0.2, 0) is 13.0 Å². The number of thiophene rings is 1. The summed E-state index contributed by atoms with van der Waals surface area (Å²) < 4.78 is 7.22. The molecule has 0 spiro atoms. The Morgan fingerprint density at radius 3 is 2.61 bits per heavy atom. The Balaban J connectivity index is 1.07. The molecule has 0 atom stereocenters. The molecule has 0 unspecified atom stereocenters. The highest BCUT2D eigenvalue weighted by molar-refractivity contribution is 7.13. The summed E-state index contributed by atoms with van der Waals surface area (Å²) in [6.45, 7) is 5.87. The Morgan fingerprint density at radius 2 is 1.81 bits per heavy atom. The van der Waals surface area contributed by atoms with Crippen molar-refractivity contribution in [3.63, 3.8) is 0 Å². The molecule has 3 aromatic heterocycles. The molecule has 9 nitrogen and oxygen atoms in total. The smallest absolute Gasteiger partial charge is 0.227 e. The van der Waals surface area contributed by atoms with E-state index < -0.39 is 0 Å². The van der Waals surface area contributed by atoms with Crippen molar-refractivity contribution < 1.29 is 4.52 Å². The third kappa shape index (κ3) is 4.87. The van der Waals surface area contributed by atoms with E-state index in [1.165, 1.54) is 0 Å². The number of nitrogens with zero attached hydrogens (tertiary/aromatic N) is 8. The zero-order valence-corrected chi connectivity index (χ0v) is 18.0. The molecule has 160 valence electrons. The molecule has 0 saturated carbocycles. The lowest BCUT2D eigenvalue weighted by molar-refractivity contribution is 0.123. The van der Waals surface area contributed by atoms with Crippen LogP contribution in [0.2, 0.25) is 0 Å². The number of rotatable bonds is 8. The fourth-order valence-corrected chi connectivity index (χ4v) is 4.41. The molecule has 0 bridgehead atoms. The second-order valence-corrected chi connectivity index (χ2v) is 8.50. The first-order chi connectivity index (χ1) is 15.3. The van der Waals surface area contributed by atoms with E-state index in [-0.39, 0.29) is 0 Å². The number of benzene rings is 1. The molecule has 0 amide bonds. The van der Waals surface area contributed by atoms with E-state index in [9.17, 15) is 0 Å². The third-order valence-corrected chi connectivity index (χ3v) is 6.31. The number of aryl methyl sites for hydroxylation is 1. The van der Waals surface area contributed by atoms with Crippen molar-refractivity contribution in [3.8, 4) is 16.4 Å². The molecule has 31 heavy (non-hydrogen) atoms. The maximum atomic E-state index is 5.40. The molecule has 0 aliphatic carbocycles. The lowest BCUT2D eigenvalue weighted by Gasteiger charge is -2.34. The molecule has 4 heterocycles. The van der Waals surface area contributed by atoms with Gasteiger partial charge in [-0.25, -0.2) is 0 Å². The number of piperazine rings is 1. The van der Waals surface area contributed by atoms with Crippen LogP contribution in [0, 0.1) is 0 Å². The number of hydrogen-bond acceptors (Lipinski definition) is 9. The Kier molecular flexibility index (Phi) is 6.10. The Hall–Kier alpha value is -2.95. The molecular weight excluding hydrogens is 412 g/mol. The van der Waals surface area contributed by atoms with E-state index in [0.717, 1.165) is 74.4 Å². The van der Waals surface area contributed by atoms with Gasteiger partial charge in [-0.1, -0.05) is 29.4 Å². The zero-order valence-electron chi connectivity index (χ0n) is 17.2. The summed E-state index contributed by atoms with van der Waals surface area (Å²) in [5.74, 6) is 2.28. The van der Waals surface area contributed by atoms with Gasteiger partial charge in [-0.2, -0.15) is 9.67 Å². The Morgan fingerprint density at radius 1 is 0.968 bits per heavy atom. The summed E-state index contributed by atoms with van der Waals surface area (Å²) in [6, 6.07) is 14.0. The molecule has 0 radical (unpaired) electrons. The van der Waals surface area contributed by atoms with E-state index in [4.69, 9.17) is 4.52 Å². The van der Waals surface area contributed by atoms with Crippen molar-refractivity contribution in [2.75, 3.05) is 32.7 Å². The first-order valence-electron chi connectivity index (χ1n) is 10.5. The highest BCUT2D eigenvalue weighted by Crippen LogP contribution is 2.21. The van der Waals surface area contributed by atoms with Crippen LogP contribution < -0.4 is 0 Å². The maximum Gasteiger partial charge on any atom is 0.227 e. The summed E-state index contributed by atoms with van der Waals surface area (Å²) in [7, 11) is 0. The van der Waals surface area contributed by atoms with Gasteiger partial charge >= 0.3 is 0 Å². The summed E-state index contributed by atoms with van der Waals surface area (Å²) in [5, 5.41) is 18.4. The first-order valence-corrected chi connectivity index (χ1v) is 11.4. The average Bonchev–Trinajstić information content (AvgIpc) is 3.58. The fourth-order valence-electron chi connectivity index (χ4n) is 3.76. The van der Waals surface area contributed by atoms with Crippen LogP contribution >= 0.6 is 11.3 Å². The van der Waals surface area contributed by atoms with E-state index in [1.54, 1.807) is 11.3 Å². The Bertz CT molecular complexity index is 1070. The normalized spacial score (nSPS) is 15.5. The topological polar surface area (TPSA) is 89.0 Å². The van der Waals surface area contributed by atoms with Gasteiger partial charge in [0.15, 0.2) is 5.82 Å². The van der Waals surface area contributed by atoms with Crippen LogP contribution in [0.3, 0.4) is 0 Å². The lowest BCUT2D eigenvalue weighted by atomic mass is 10.2. The molecule has 5 rings (SSSR count). The van der Waals surface area contributed by atoms with Crippen molar-refractivity contribution in [3.05, 3.63) is 59.6 Å². The molecule has 1 saturated heterocycles. The van der Waals surface area contributed by atoms with Crippen LogP contribution in [-0.4, -0.2) is 72.9 Å². The highest BCUT2D eigenvalue weighted by atomic mass is 32.1. The van der Waals surface area contributed by atoms with Gasteiger partial charge in [0.2, 0.25) is 11.7 Å². The second-order valence-electron chi connectivity index (χ2n) is 7.55. The number of tetrazole rings is 1. The second kappa shape index (κ2) is 9.46. The van der Waals surface area contributed by atoms with Gasteiger partial charge in [0, 0.05) is 32.6 Å². The van der Waals surface area contributed by atoms with Gasteiger partial charge in [-0.05, 0) is 47.0 Å². The minimum absolute atomic E-state index is 0.691. The number of aromatic nitrogens is 6. The molecule has 4 aromatic rings. The van der Waals surface area contributed by atoms with Gasteiger partial charge in [0.25, 0.3) is 0 Å². The van der Waals surface area contributed by atoms with E-state index in [1.807, 2.05) is 52.5 Å². The van der Waals surface area contributed by atoms with Crippen LogP contribution in [0.5, 0.6) is 0 Å². The van der Waals surface area contributed by atoms with Gasteiger partial charge in [0.05, 0.1) is 17.1 Å². The summed E-state index contributed by atoms with van der Waals surface area (Å²) >= 11 is 1.63. The summed E-state index contributed by atoms with van der Waals surface area (Å²) in [6.07, 6.45) is 1.82. The predicted molar refractivity (Wildman–Crippen MR) is 117 cm³/mol. The Labute approximate surface area is 184 Å². The number of para-hydroxylation sites is 1. The average molecular weight is 437 g/mol. The van der Waals surface area contributed by atoms with E-state index in [0.29, 0.717) is 5.82 Å². The van der Waals surface area contributed by atoms with E-state index in [2.05, 4.69) is 35.5 Å². The lowest BCUT2D eigenvalue weighted by Crippen LogP contribution is -2.46. The van der Waals surface area contributed by atoms with Gasteiger partial charge in [-0.15, -0.1) is 16.4 Å². The van der Waals surface area contributed by atoms with Gasteiger partial charge in [0.1, 0.15) is 0 Å². The number of hydrogen-bond donors (Lipinski definition) is 0. The zero-order chi connectivity index (χ0) is 20.9. The van der Waals surface area contributed by atoms with Crippen LogP contribution in [0.25, 0.3) is 16.4 Å². The molecule has 1 aliphatic rings. The minimum Gasteiger partial charge on any atom is -0.339 e. The highest BCUT2D eigenvalue weighted by Gasteiger charge is 2.20. The molecule has 1 fully saturated rings. The molecular formula is C21H24N8OS. The van der Waals surface area contributed by atoms with Gasteiger partial charge in [-0.3, -0.25) is 4.90 Å². The minimum atomic E-state index is 0.691. The third-order valence-electron chi connectivity index (χ3n) is 5.44. The fraction of sp³-hybridized carbons (Fsp3) is 0.381. The van der Waals surface area contributed by atoms with Crippen molar-refractivity contribution in [2.45, 2.75) is 19.4 Å². The standard InChI is InChI=1S/C21H24N8OS/c1-2-6-17(7-3-1)29-19(23-25-26-29)16-28-13-11-27(12-14-28)10-4-9-20-22-21(24-30-20)18-8-5-15-31-18/h1-3,5-8,15H,4,9-14,16H2. The molecule has 0 N–H and O–H groups in total. The molecule has 1 aromatic carbocycles. The monoisotopic (exact) mass is 436 g/mol. The first kappa shape index (κ1) is 20.0. The van der Waals surface area contributed by atoms with Crippen molar-refractivity contribution in [2.24, 2.45) is 0 Å². The van der Waals surface area contributed by atoms with Gasteiger partial charge < -0.3 is 9.42 Å². The SMILES string of the molecule is c1ccc(-n2nnnc2CN2CCN(CCCc3nc(-c4cccs4)no3)CC2)cc1. The summed E-state index contributed by atoms with van der Waals surface area (Å²) in [5.41, 5.74) is 0.990. The van der Waals surface area contributed by atoms with Crippen molar-refractivity contribution in [1.82, 2.24) is 40.1 Å². The van der Waals surface area contributed by atoms with Crippen LogP contribution in [0.4, 0.5) is 0 Å². The van der Waals surface area contributed by atoms with Crippen LogP contribution in [0.15, 0.2) is 52.4 Å². The van der Waals surface area contributed by atoms with Crippen molar-refractivity contribution >= 4 is 11.3 Å². The summed E-state index contributed by atoms with van der Waals surface area (Å²) in [4.78, 5) is 10.5. The van der Waals surface area contributed by atoms with Crippen molar-refractivity contribution in [1.29, 1.82) is 0 Å². The largest absolute Gasteiger partial charge is 0.339 e.